The van der Waals surface area contributed by atoms with Crippen LogP contribution in [0.3, 0.4) is 0 Å². The highest BCUT2D eigenvalue weighted by atomic mass is 79.9. The summed E-state index contributed by atoms with van der Waals surface area (Å²) in [7, 11) is 0. The number of nitrogens with zero attached hydrogens (tertiary/aromatic N) is 2. The highest BCUT2D eigenvalue weighted by Crippen LogP contribution is 2.23. The van der Waals surface area contributed by atoms with Gasteiger partial charge in [0.2, 0.25) is 0 Å². The van der Waals surface area contributed by atoms with Crippen molar-refractivity contribution in [3.05, 3.63) is 35.4 Å². The van der Waals surface area contributed by atoms with Gasteiger partial charge >= 0.3 is 0 Å². The van der Waals surface area contributed by atoms with Crippen LogP contribution in [0.25, 0.3) is 0 Å². The second-order valence-electron chi connectivity index (χ2n) is 7.33. The van der Waals surface area contributed by atoms with E-state index in [9.17, 15) is 0 Å². The van der Waals surface area contributed by atoms with Gasteiger partial charge in [-0.15, -0.1) is 0 Å². The van der Waals surface area contributed by atoms with Crippen LogP contribution in [0.5, 0.6) is 0 Å². The Morgan fingerprint density at radius 1 is 1.09 bits per heavy atom. The summed E-state index contributed by atoms with van der Waals surface area (Å²) in [5.74, 6) is 0. The Balaban J connectivity index is 0.000000268. The number of rotatable bonds is 2. The van der Waals surface area contributed by atoms with Gasteiger partial charge in [-0.2, -0.15) is 0 Å². The largest absolute Gasteiger partial charge is 0.395 e. The Morgan fingerprint density at radius 2 is 1.74 bits per heavy atom. The van der Waals surface area contributed by atoms with E-state index in [4.69, 9.17) is 0 Å². The van der Waals surface area contributed by atoms with E-state index in [1.807, 2.05) is 0 Å². The predicted molar refractivity (Wildman–Crippen MR) is 101 cm³/mol. The molecule has 0 unspecified atom stereocenters. The van der Waals surface area contributed by atoms with Gasteiger partial charge < -0.3 is 4.84 Å². The molecule has 0 aromatic heterocycles. The van der Waals surface area contributed by atoms with E-state index in [0.29, 0.717) is 0 Å². The van der Waals surface area contributed by atoms with Crippen LogP contribution in [0.4, 0.5) is 0 Å². The average Bonchev–Trinajstić information content (AvgIpc) is 3.00. The summed E-state index contributed by atoms with van der Waals surface area (Å²) < 4.78 is 0.919. The molecule has 0 amide bonds. The number of hydrogen-bond donors (Lipinski definition) is 0. The van der Waals surface area contributed by atoms with Crippen LogP contribution >= 0.6 is 15.9 Å². The maximum atomic E-state index is 4.60. The molecule has 2 aliphatic heterocycles. The van der Waals surface area contributed by atoms with E-state index in [-0.39, 0.29) is 5.41 Å². The zero-order chi connectivity index (χ0) is 16.7. The third-order valence-corrected chi connectivity index (χ3v) is 4.78. The minimum absolute atomic E-state index is 0.268. The fraction of sp³-hybridized carbons (Fsp3) is 0.632. The van der Waals surface area contributed by atoms with Crippen LogP contribution in [0, 0.1) is 0 Å². The molecular formula is C19H29BrN2O. The van der Waals surface area contributed by atoms with Crippen LogP contribution in [-0.4, -0.2) is 29.2 Å². The van der Waals surface area contributed by atoms with Crippen LogP contribution in [0.1, 0.15) is 57.6 Å². The van der Waals surface area contributed by atoms with Crippen LogP contribution < -0.4 is 0 Å². The Hall–Kier alpha value is -0.870. The zero-order valence-electron chi connectivity index (χ0n) is 14.6. The predicted octanol–water partition coefficient (Wildman–Crippen LogP) is 5.09. The van der Waals surface area contributed by atoms with Crippen molar-refractivity contribution in [2.75, 3.05) is 19.7 Å². The van der Waals surface area contributed by atoms with Gasteiger partial charge in [-0.25, -0.2) is 0 Å². The molecule has 2 aliphatic rings. The maximum Gasteiger partial charge on any atom is 0.126 e. The molecule has 23 heavy (non-hydrogen) atoms. The Bertz CT molecular complexity index is 499. The van der Waals surface area contributed by atoms with E-state index in [1.54, 1.807) is 0 Å². The number of halogens is 1. The van der Waals surface area contributed by atoms with Crippen LogP contribution in [0.2, 0.25) is 0 Å². The van der Waals surface area contributed by atoms with Gasteiger partial charge in [-0.3, -0.25) is 4.90 Å². The van der Waals surface area contributed by atoms with E-state index in [2.05, 4.69) is 75.9 Å². The highest BCUT2D eigenvalue weighted by molar-refractivity contribution is 9.18. The third-order valence-electron chi connectivity index (χ3n) is 4.24. The molecule has 0 saturated carbocycles. The fourth-order valence-electron chi connectivity index (χ4n) is 2.78. The highest BCUT2D eigenvalue weighted by Gasteiger charge is 2.14. The summed E-state index contributed by atoms with van der Waals surface area (Å²) in [6.45, 7) is 11.2. The normalized spacial score (nSPS) is 18.7. The molecule has 0 N–H and O–H groups in total. The van der Waals surface area contributed by atoms with Crippen LogP contribution in [0.15, 0.2) is 29.4 Å². The quantitative estimate of drug-likeness (QED) is 0.713. The zero-order valence-corrected chi connectivity index (χ0v) is 16.2. The van der Waals surface area contributed by atoms with E-state index < -0.39 is 0 Å². The summed E-state index contributed by atoms with van der Waals surface area (Å²) in [5, 5.41) is 3.57. The first kappa shape index (κ1) is 18.5. The van der Waals surface area contributed by atoms with Crippen molar-refractivity contribution in [3.63, 3.8) is 0 Å². The molecular weight excluding hydrogens is 352 g/mol. The summed E-state index contributed by atoms with van der Waals surface area (Å²) in [6, 6.07) is 9.18. The molecule has 2 heterocycles. The average molecular weight is 381 g/mol. The Kier molecular flexibility index (Phi) is 7.09. The second-order valence-corrected chi connectivity index (χ2v) is 8.25. The number of piperidine rings is 1. The SMILES string of the molecule is BrC1=NOCC1.CC(C)(C)c1ccc(CN2CCCCC2)cc1. The Morgan fingerprint density at radius 3 is 2.17 bits per heavy atom. The third kappa shape index (κ3) is 6.64. The first-order valence-corrected chi connectivity index (χ1v) is 9.40. The van der Waals surface area contributed by atoms with E-state index in [0.717, 1.165) is 24.2 Å². The first-order valence-electron chi connectivity index (χ1n) is 8.61. The van der Waals surface area contributed by atoms with Crippen molar-refractivity contribution in [1.29, 1.82) is 0 Å². The minimum Gasteiger partial charge on any atom is -0.395 e. The lowest BCUT2D eigenvalue weighted by molar-refractivity contribution is 0.174. The molecule has 128 valence electrons. The molecule has 1 fully saturated rings. The molecule has 1 aromatic rings. The smallest absolute Gasteiger partial charge is 0.126 e. The van der Waals surface area contributed by atoms with Gasteiger partial charge in [0.25, 0.3) is 0 Å². The molecule has 3 rings (SSSR count). The van der Waals surface area contributed by atoms with Gasteiger partial charge in [0.05, 0.1) is 0 Å². The molecule has 3 nitrogen and oxygen atoms in total. The lowest BCUT2D eigenvalue weighted by atomic mass is 9.87. The van der Waals surface area contributed by atoms with E-state index >= 15 is 0 Å². The standard InChI is InChI=1S/C16H25N.C3H4BrNO/c1-16(2,3)15-9-7-14(8-10-15)13-17-11-5-4-6-12-17;4-3-1-2-6-5-3/h7-10H,4-6,11-13H2,1-3H3;1-2H2. The molecule has 1 aromatic carbocycles. The van der Waals surface area contributed by atoms with Crippen LogP contribution in [-0.2, 0) is 16.8 Å². The lowest BCUT2D eigenvalue weighted by Gasteiger charge is -2.26. The summed E-state index contributed by atoms with van der Waals surface area (Å²) in [5.41, 5.74) is 3.16. The number of oxime groups is 1. The molecule has 0 spiro atoms. The summed E-state index contributed by atoms with van der Waals surface area (Å²) >= 11 is 3.16. The van der Waals surface area contributed by atoms with Gasteiger partial charge in [-0.05, 0) is 58.4 Å². The summed E-state index contributed by atoms with van der Waals surface area (Å²) in [6.07, 6.45) is 5.10. The molecule has 0 aliphatic carbocycles. The lowest BCUT2D eigenvalue weighted by Crippen LogP contribution is -2.29. The van der Waals surface area contributed by atoms with Crippen molar-refractivity contribution < 1.29 is 4.84 Å². The van der Waals surface area contributed by atoms with Gasteiger partial charge in [-0.1, -0.05) is 56.6 Å². The van der Waals surface area contributed by atoms with Crippen molar-refractivity contribution in [1.82, 2.24) is 4.90 Å². The number of hydrogen-bond acceptors (Lipinski definition) is 3. The molecule has 1 saturated heterocycles. The maximum absolute atomic E-state index is 4.60. The van der Waals surface area contributed by atoms with Crippen molar-refractivity contribution in [2.24, 2.45) is 5.16 Å². The molecule has 0 bridgehead atoms. The van der Waals surface area contributed by atoms with Crippen molar-refractivity contribution in [3.8, 4) is 0 Å². The topological polar surface area (TPSA) is 24.8 Å². The van der Waals surface area contributed by atoms with Crippen molar-refractivity contribution >= 4 is 20.6 Å². The van der Waals surface area contributed by atoms with E-state index in [1.165, 1.54) is 43.5 Å². The fourth-order valence-corrected chi connectivity index (χ4v) is 3.04. The van der Waals surface area contributed by atoms with Gasteiger partial charge in [0.1, 0.15) is 11.2 Å². The Labute approximate surface area is 149 Å². The monoisotopic (exact) mass is 380 g/mol. The molecule has 4 heteroatoms. The van der Waals surface area contributed by atoms with Gasteiger partial charge in [0.15, 0.2) is 0 Å². The second kappa shape index (κ2) is 8.84. The molecule has 0 radical (unpaired) electrons. The minimum atomic E-state index is 0.268. The van der Waals surface area contributed by atoms with Gasteiger partial charge in [0, 0.05) is 13.0 Å². The number of likely N-dealkylation sites (tertiary alicyclic amines) is 1. The van der Waals surface area contributed by atoms with Crippen molar-refractivity contribution in [2.45, 2.75) is 58.4 Å². The summed E-state index contributed by atoms with van der Waals surface area (Å²) in [4.78, 5) is 7.18. The first-order chi connectivity index (χ1) is 10.9. The molecule has 0 atom stereocenters. The number of benzene rings is 1.